The molecule has 4 rings (SSSR count). The molecule has 0 nitrogen and oxygen atoms in total. The van der Waals surface area contributed by atoms with Crippen molar-refractivity contribution in [3.05, 3.63) is 70.8 Å². The fourth-order valence-electron chi connectivity index (χ4n) is 4.04. The Labute approximate surface area is 163 Å². The minimum atomic E-state index is -0.00498. The highest BCUT2D eigenvalue weighted by molar-refractivity contribution is 7.60. The van der Waals surface area contributed by atoms with E-state index in [9.17, 15) is 0 Å². The van der Waals surface area contributed by atoms with E-state index < -0.39 is 0 Å². The van der Waals surface area contributed by atoms with E-state index in [0.29, 0.717) is 5.16 Å². The lowest BCUT2D eigenvalue weighted by atomic mass is 9.98. The summed E-state index contributed by atoms with van der Waals surface area (Å²) in [5, 5.41) is 0.432. The Morgan fingerprint density at radius 3 is 2.04 bits per heavy atom. The van der Waals surface area contributed by atoms with Crippen molar-refractivity contribution in [3.8, 4) is 0 Å². The zero-order chi connectivity index (χ0) is 18.9. The second kappa shape index (κ2) is 8.12. The molecule has 2 aliphatic rings. The summed E-state index contributed by atoms with van der Waals surface area (Å²) < 4.78 is 0. The Hall–Kier alpha value is -0.700. The smallest absolute Gasteiger partial charge is 0.0158 e. The molecule has 0 saturated heterocycles. The quantitative estimate of drug-likeness (QED) is 0.436. The average Bonchev–Trinajstić information content (AvgIpc) is 3.14. The van der Waals surface area contributed by atoms with Gasteiger partial charge in [-0.05, 0) is 45.7 Å². The average molecular weight is 384 g/mol. The van der Waals surface area contributed by atoms with Crippen molar-refractivity contribution in [3.63, 3.8) is 0 Å². The van der Waals surface area contributed by atoms with Gasteiger partial charge in [-0.25, -0.2) is 0 Å². The second-order valence-electron chi connectivity index (χ2n) is 9.23. The maximum Gasteiger partial charge on any atom is 0.0158 e. The third-order valence-electron chi connectivity index (χ3n) is 5.13. The van der Waals surface area contributed by atoms with Gasteiger partial charge in [-0.15, -0.1) is 8.58 Å². The van der Waals surface area contributed by atoms with Crippen molar-refractivity contribution in [2.24, 2.45) is 5.92 Å². The van der Waals surface area contributed by atoms with Crippen LogP contribution in [0.3, 0.4) is 0 Å². The Balaban J connectivity index is 0.000000447. The zero-order valence-corrected chi connectivity index (χ0v) is 19.1. The van der Waals surface area contributed by atoms with Gasteiger partial charge in [0.25, 0.3) is 0 Å². The monoisotopic (exact) mass is 384 g/mol. The van der Waals surface area contributed by atoms with Gasteiger partial charge < -0.3 is 0 Å². The molecular weight excluding hydrogens is 350 g/mol. The molecule has 2 heterocycles. The van der Waals surface area contributed by atoms with E-state index in [4.69, 9.17) is 0 Å². The Bertz CT molecular complexity index is 739. The van der Waals surface area contributed by atoms with Crippen LogP contribution in [0.25, 0.3) is 0 Å². The van der Waals surface area contributed by atoms with Crippen molar-refractivity contribution in [2.45, 2.75) is 70.3 Å². The molecule has 0 aromatic heterocycles. The van der Waals surface area contributed by atoms with E-state index in [1.165, 1.54) is 12.3 Å². The molecule has 0 amide bonds. The first-order valence-corrected chi connectivity index (χ1v) is 12.8. The van der Waals surface area contributed by atoms with Gasteiger partial charge >= 0.3 is 0 Å². The van der Waals surface area contributed by atoms with Gasteiger partial charge in [0.1, 0.15) is 0 Å². The fraction of sp³-hybridized carbons (Fsp3) is 0.500. The standard InChI is InChI=1S/C20H24P2.C4H10/c1-20(2,3)22-13-15-9-5-7-11-17(15)19(22)18-16-10-6-4-8-14(16)12-21-18;1-4(2)3/h4-11,18-19,21H,12-13H2,1-3H3;4H,1-3H3. The topological polar surface area (TPSA) is 0 Å². The lowest BCUT2D eigenvalue weighted by Crippen LogP contribution is -2.16. The van der Waals surface area contributed by atoms with Gasteiger partial charge in [-0.1, -0.05) is 98.0 Å². The SMILES string of the molecule is CC(C)(C)P1Cc2ccccc2C1C1PCc2ccccc21.CC(C)C. The maximum atomic E-state index is 2.46. The zero-order valence-electron chi connectivity index (χ0n) is 17.2. The highest BCUT2D eigenvalue weighted by Crippen LogP contribution is 2.74. The highest BCUT2D eigenvalue weighted by atomic mass is 31.1. The molecule has 2 aromatic rings. The predicted octanol–water partition coefficient (Wildman–Crippen LogP) is 8.12. The van der Waals surface area contributed by atoms with Crippen LogP contribution in [-0.2, 0) is 12.3 Å². The van der Waals surface area contributed by atoms with Crippen LogP contribution in [0.2, 0.25) is 0 Å². The van der Waals surface area contributed by atoms with Gasteiger partial charge in [0, 0.05) is 11.3 Å². The van der Waals surface area contributed by atoms with Gasteiger partial charge in [0.2, 0.25) is 0 Å². The lowest BCUT2D eigenvalue weighted by molar-refractivity contribution is 0.737. The summed E-state index contributed by atoms with van der Waals surface area (Å²) in [5.41, 5.74) is 8.09. The van der Waals surface area contributed by atoms with Crippen molar-refractivity contribution >= 4 is 16.5 Å². The molecule has 0 N–H and O–H groups in total. The summed E-state index contributed by atoms with van der Waals surface area (Å²) >= 11 is 0. The van der Waals surface area contributed by atoms with Crippen LogP contribution in [0, 0.1) is 5.92 Å². The summed E-state index contributed by atoms with van der Waals surface area (Å²) in [6.45, 7) is 13.9. The van der Waals surface area contributed by atoms with E-state index in [-0.39, 0.29) is 7.92 Å². The van der Waals surface area contributed by atoms with Crippen LogP contribution in [0.1, 0.15) is 75.1 Å². The van der Waals surface area contributed by atoms with Gasteiger partial charge in [0.05, 0.1) is 0 Å². The first-order valence-electron chi connectivity index (χ1n) is 9.94. The first-order chi connectivity index (χ1) is 12.3. The Kier molecular flexibility index (Phi) is 6.26. The number of hydrogen-bond donors (Lipinski definition) is 0. The first kappa shape index (κ1) is 20.0. The third-order valence-corrected chi connectivity index (χ3v) is 10.7. The molecule has 2 aliphatic heterocycles. The molecular formula is C24H34P2. The van der Waals surface area contributed by atoms with E-state index >= 15 is 0 Å². The van der Waals surface area contributed by atoms with Crippen molar-refractivity contribution in [1.82, 2.24) is 0 Å². The van der Waals surface area contributed by atoms with E-state index in [2.05, 4.69) is 90.1 Å². The molecule has 4 unspecified atom stereocenters. The van der Waals surface area contributed by atoms with Crippen molar-refractivity contribution in [2.75, 3.05) is 0 Å². The molecule has 0 bridgehead atoms. The molecule has 0 aliphatic carbocycles. The number of benzene rings is 2. The largest absolute Gasteiger partial charge is 0.109 e. The third kappa shape index (κ3) is 4.24. The van der Waals surface area contributed by atoms with E-state index in [1.54, 1.807) is 22.3 Å². The molecule has 2 heteroatoms. The van der Waals surface area contributed by atoms with Crippen LogP contribution >= 0.6 is 16.5 Å². The molecule has 140 valence electrons. The second-order valence-corrected chi connectivity index (χ2v) is 13.8. The normalized spacial score (nSPS) is 25.0. The van der Waals surface area contributed by atoms with Gasteiger partial charge in [-0.2, -0.15) is 0 Å². The number of rotatable bonds is 1. The Morgan fingerprint density at radius 1 is 0.885 bits per heavy atom. The molecule has 2 aromatic carbocycles. The van der Waals surface area contributed by atoms with Crippen LogP contribution in [0.5, 0.6) is 0 Å². The number of fused-ring (bicyclic) bond motifs is 2. The number of hydrogen-bond acceptors (Lipinski definition) is 0. The van der Waals surface area contributed by atoms with Gasteiger partial charge in [-0.3, -0.25) is 0 Å². The molecule has 0 radical (unpaired) electrons. The minimum absolute atomic E-state index is 0.00498. The summed E-state index contributed by atoms with van der Waals surface area (Å²) in [7, 11) is 1.06. The summed E-state index contributed by atoms with van der Waals surface area (Å²) in [6, 6.07) is 18.5. The molecule has 26 heavy (non-hydrogen) atoms. The molecule has 0 saturated carbocycles. The summed E-state index contributed by atoms with van der Waals surface area (Å²) in [5.74, 6) is 0.833. The highest BCUT2D eigenvalue weighted by Gasteiger charge is 2.44. The van der Waals surface area contributed by atoms with E-state index in [0.717, 1.165) is 25.8 Å². The van der Waals surface area contributed by atoms with E-state index in [1.807, 2.05) is 0 Å². The van der Waals surface area contributed by atoms with Crippen molar-refractivity contribution < 1.29 is 0 Å². The van der Waals surface area contributed by atoms with Crippen LogP contribution in [0.15, 0.2) is 48.5 Å². The van der Waals surface area contributed by atoms with Crippen LogP contribution in [0.4, 0.5) is 0 Å². The Morgan fingerprint density at radius 2 is 1.42 bits per heavy atom. The minimum Gasteiger partial charge on any atom is -0.109 e. The summed E-state index contributed by atoms with van der Waals surface area (Å²) in [4.78, 5) is 0. The van der Waals surface area contributed by atoms with Crippen LogP contribution in [-0.4, -0.2) is 5.16 Å². The van der Waals surface area contributed by atoms with Crippen LogP contribution < -0.4 is 0 Å². The lowest BCUT2D eigenvalue weighted by Gasteiger charge is -2.36. The fourth-order valence-corrected chi connectivity index (χ4v) is 9.83. The summed E-state index contributed by atoms with van der Waals surface area (Å²) in [6.07, 6.45) is 2.62. The molecule has 0 fully saturated rings. The predicted molar refractivity (Wildman–Crippen MR) is 121 cm³/mol. The molecule has 4 atom stereocenters. The van der Waals surface area contributed by atoms with Gasteiger partial charge in [0.15, 0.2) is 0 Å². The van der Waals surface area contributed by atoms with Crippen molar-refractivity contribution in [1.29, 1.82) is 0 Å². The molecule has 0 spiro atoms. The maximum absolute atomic E-state index is 2.46.